The molecule has 0 bridgehead atoms. The van der Waals surface area contributed by atoms with Gasteiger partial charge in [-0.1, -0.05) is 0 Å². The summed E-state index contributed by atoms with van der Waals surface area (Å²) in [5.41, 5.74) is 6.39. The molecule has 5 heteroatoms. The second-order valence-corrected chi connectivity index (χ2v) is 2.92. The smallest absolute Gasteiger partial charge is 0.144 e. The van der Waals surface area contributed by atoms with Crippen LogP contribution in [-0.2, 0) is 6.54 Å². The molecule has 0 saturated heterocycles. The fraction of sp³-hybridized carbons (Fsp3) is 0.100. The molecule has 2 aromatic rings. The number of pyridine rings is 1. The van der Waals surface area contributed by atoms with Crippen LogP contribution in [0.2, 0.25) is 0 Å². The first-order valence-corrected chi connectivity index (χ1v) is 4.57. The highest BCUT2D eigenvalue weighted by Gasteiger charge is 1.97. The second-order valence-electron chi connectivity index (χ2n) is 2.92. The van der Waals surface area contributed by atoms with Crippen molar-refractivity contribution in [2.24, 2.45) is 5.73 Å². The highest BCUT2D eigenvalue weighted by atomic mass is 15.0. The molecule has 15 heavy (non-hydrogen) atoms. The lowest BCUT2D eigenvalue weighted by Crippen LogP contribution is -2.04. The van der Waals surface area contributed by atoms with E-state index in [2.05, 4.69) is 20.3 Å². The van der Waals surface area contributed by atoms with Crippen molar-refractivity contribution in [1.82, 2.24) is 15.0 Å². The Hall–Kier alpha value is -2.01. The number of hydrogen-bond acceptors (Lipinski definition) is 5. The molecule has 0 aliphatic rings. The predicted molar refractivity (Wildman–Crippen MR) is 57.4 cm³/mol. The van der Waals surface area contributed by atoms with E-state index in [1.165, 1.54) is 0 Å². The first-order chi connectivity index (χ1) is 7.38. The number of rotatable bonds is 3. The molecule has 0 aliphatic heterocycles. The van der Waals surface area contributed by atoms with Gasteiger partial charge in [-0.15, -0.1) is 0 Å². The lowest BCUT2D eigenvalue weighted by molar-refractivity contribution is 0.912. The van der Waals surface area contributed by atoms with E-state index in [9.17, 15) is 0 Å². The minimum Gasteiger partial charge on any atom is -0.340 e. The zero-order valence-corrected chi connectivity index (χ0v) is 8.09. The van der Waals surface area contributed by atoms with Gasteiger partial charge >= 0.3 is 0 Å². The van der Waals surface area contributed by atoms with Gasteiger partial charge in [-0.05, 0) is 18.2 Å². The van der Waals surface area contributed by atoms with Gasteiger partial charge in [0.2, 0.25) is 0 Å². The molecule has 2 aromatic heterocycles. The van der Waals surface area contributed by atoms with E-state index in [4.69, 9.17) is 5.73 Å². The quantitative estimate of drug-likeness (QED) is 0.776. The van der Waals surface area contributed by atoms with Gasteiger partial charge in [-0.3, -0.25) is 4.98 Å². The van der Waals surface area contributed by atoms with Crippen LogP contribution in [0.15, 0.2) is 36.8 Å². The van der Waals surface area contributed by atoms with Crippen LogP contribution in [0, 0.1) is 0 Å². The van der Waals surface area contributed by atoms with Crippen molar-refractivity contribution in [2.45, 2.75) is 6.54 Å². The number of nitrogens with two attached hydrogens (primary N) is 1. The molecule has 0 unspecified atom stereocenters. The van der Waals surface area contributed by atoms with Crippen molar-refractivity contribution in [3.8, 4) is 0 Å². The average molecular weight is 201 g/mol. The molecule has 0 spiro atoms. The van der Waals surface area contributed by atoms with Crippen LogP contribution < -0.4 is 11.1 Å². The monoisotopic (exact) mass is 201 g/mol. The van der Waals surface area contributed by atoms with Gasteiger partial charge in [0.15, 0.2) is 0 Å². The fourth-order valence-corrected chi connectivity index (χ4v) is 1.15. The van der Waals surface area contributed by atoms with Crippen LogP contribution in [0.5, 0.6) is 0 Å². The SMILES string of the molecule is NCc1nccc(Nc2ccncc2)n1. The predicted octanol–water partition coefficient (Wildman–Crippen LogP) is 1.07. The lowest BCUT2D eigenvalue weighted by atomic mass is 10.4. The van der Waals surface area contributed by atoms with Gasteiger partial charge in [-0.2, -0.15) is 0 Å². The van der Waals surface area contributed by atoms with E-state index in [0.717, 1.165) is 11.5 Å². The van der Waals surface area contributed by atoms with Gasteiger partial charge in [0, 0.05) is 24.3 Å². The van der Waals surface area contributed by atoms with Crippen molar-refractivity contribution < 1.29 is 0 Å². The van der Waals surface area contributed by atoms with Crippen molar-refractivity contribution >= 4 is 11.5 Å². The molecule has 2 heterocycles. The molecule has 0 radical (unpaired) electrons. The second kappa shape index (κ2) is 4.47. The molecule has 3 N–H and O–H groups in total. The molecule has 2 rings (SSSR count). The minimum atomic E-state index is 0.339. The Bertz CT molecular complexity index is 429. The zero-order chi connectivity index (χ0) is 10.5. The molecule has 0 aromatic carbocycles. The third-order valence-electron chi connectivity index (χ3n) is 1.84. The van der Waals surface area contributed by atoms with Crippen molar-refractivity contribution in [3.63, 3.8) is 0 Å². The average Bonchev–Trinajstić information content (AvgIpc) is 2.31. The van der Waals surface area contributed by atoms with Crippen LogP contribution in [0.3, 0.4) is 0 Å². The fourth-order valence-electron chi connectivity index (χ4n) is 1.15. The Morgan fingerprint density at radius 1 is 1.13 bits per heavy atom. The van der Waals surface area contributed by atoms with Gasteiger partial charge in [0.05, 0.1) is 6.54 Å². The van der Waals surface area contributed by atoms with E-state index in [-0.39, 0.29) is 0 Å². The van der Waals surface area contributed by atoms with E-state index < -0.39 is 0 Å². The Labute approximate surface area is 87.4 Å². The van der Waals surface area contributed by atoms with Crippen LogP contribution in [0.25, 0.3) is 0 Å². The molecular weight excluding hydrogens is 190 g/mol. The maximum absolute atomic E-state index is 5.45. The van der Waals surface area contributed by atoms with Crippen LogP contribution in [-0.4, -0.2) is 15.0 Å². The third kappa shape index (κ3) is 2.47. The molecule has 0 aliphatic carbocycles. The topological polar surface area (TPSA) is 76.7 Å². The molecule has 0 amide bonds. The summed E-state index contributed by atoms with van der Waals surface area (Å²) in [6.07, 6.45) is 5.11. The van der Waals surface area contributed by atoms with Crippen molar-refractivity contribution in [3.05, 3.63) is 42.6 Å². The Balaban J connectivity index is 2.17. The third-order valence-corrected chi connectivity index (χ3v) is 1.84. The molecule has 5 nitrogen and oxygen atoms in total. The molecular formula is C10H11N5. The number of nitrogens with zero attached hydrogens (tertiary/aromatic N) is 3. The number of nitrogens with one attached hydrogen (secondary N) is 1. The first kappa shape index (κ1) is 9.54. The van der Waals surface area contributed by atoms with E-state index in [1.807, 2.05) is 12.1 Å². The van der Waals surface area contributed by atoms with E-state index in [0.29, 0.717) is 12.4 Å². The van der Waals surface area contributed by atoms with Crippen molar-refractivity contribution in [1.29, 1.82) is 0 Å². The van der Waals surface area contributed by atoms with Crippen LogP contribution >= 0.6 is 0 Å². The summed E-state index contributed by atoms with van der Waals surface area (Å²) in [6, 6.07) is 5.52. The van der Waals surface area contributed by atoms with E-state index in [1.54, 1.807) is 24.7 Å². The summed E-state index contributed by atoms with van der Waals surface area (Å²) in [5.74, 6) is 1.35. The Kier molecular flexibility index (Phi) is 2.85. The van der Waals surface area contributed by atoms with Crippen molar-refractivity contribution in [2.75, 3.05) is 5.32 Å². The summed E-state index contributed by atoms with van der Waals surface area (Å²) in [5, 5.41) is 3.13. The normalized spacial score (nSPS) is 9.93. The van der Waals surface area contributed by atoms with Crippen LogP contribution in [0.4, 0.5) is 11.5 Å². The van der Waals surface area contributed by atoms with Gasteiger partial charge in [-0.25, -0.2) is 9.97 Å². The highest BCUT2D eigenvalue weighted by Crippen LogP contribution is 2.11. The maximum Gasteiger partial charge on any atom is 0.144 e. The largest absolute Gasteiger partial charge is 0.340 e. The number of anilines is 2. The first-order valence-electron chi connectivity index (χ1n) is 4.57. The summed E-state index contributed by atoms with van der Waals surface area (Å²) in [4.78, 5) is 12.2. The summed E-state index contributed by atoms with van der Waals surface area (Å²) < 4.78 is 0. The van der Waals surface area contributed by atoms with E-state index >= 15 is 0 Å². The lowest BCUT2D eigenvalue weighted by Gasteiger charge is -2.05. The summed E-state index contributed by atoms with van der Waals surface area (Å²) >= 11 is 0. The molecule has 76 valence electrons. The number of hydrogen-bond donors (Lipinski definition) is 2. The number of aromatic nitrogens is 3. The Morgan fingerprint density at radius 3 is 2.67 bits per heavy atom. The van der Waals surface area contributed by atoms with Crippen LogP contribution in [0.1, 0.15) is 5.82 Å². The highest BCUT2D eigenvalue weighted by molar-refractivity contribution is 5.54. The summed E-state index contributed by atoms with van der Waals surface area (Å²) in [6.45, 7) is 0.339. The maximum atomic E-state index is 5.45. The Morgan fingerprint density at radius 2 is 1.93 bits per heavy atom. The van der Waals surface area contributed by atoms with Gasteiger partial charge < -0.3 is 11.1 Å². The molecule has 0 saturated carbocycles. The van der Waals surface area contributed by atoms with Gasteiger partial charge in [0.25, 0.3) is 0 Å². The molecule has 0 atom stereocenters. The molecule has 0 fully saturated rings. The minimum absolute atomic E-state index is 0.339. The summed E-state index contributed by atoms with van der Waals surface area (Å²) in [7, 11) is 0. The van der Waals surface area contributed by atoms with Gasteiger partial charge in [0.1, 0.15) is 11.6 Å². The standard InChI is InChI=1S/C10H11N5/c11-7-10-13-6-3-9(15-10)14-8-1-4-12-5-2-8/h1-6H,7,11H2,(H,12,13,14,15). The zero-order valence-electron chi connectivity index (χ0n) is 8.09.